The molecule has 2 atom stereocenters. The van der Waals surface area contributed by atoms with Crippen LogP contribution in [0.2, 0.25) is 0 Å². The summed E-state index contributed by atoms with van der Waals surface area (Å²) in [4.78, 5) is 2.40. The van der Waals surface area contributed by atoms with Crippen molar-refractivity contribution in [3.8, 4) is 0 Å². The largest absolute Gasteiger partial charge is 0.333 e. The molecular formula is C18H14BN. The van der Waals surface area contributed by atoms with Crippen LogP contribution in [0.3, 0.4) is 0 Å². The summed E-state index contributed by atoms with van der Waals surface area (Å²) in [6, 6.07) is 17.1. The quantitative estimate of drug-likeness (QED) is 0.707. The topological polar surface area (TPSA) is 3.24 Å². The van der Waals surface area contributed by atoms with Crippen LogP contribution in [0.15, 0.2) is 72.8 Å². The van der Waals surface area contributed by atoms with Crippen molar-refractivity contribution in [2.75, 3.05) is 4.90 Å². The van der Waals surface area contributed by atoms with Crippen molar-refractivity contribution in [2.45, 2.75) is 12.0 Å². The molecule has 0 amide bonds. The minimum absolute atomic E-state index is 0.346. The minimum atomic E-state index is 0.346. The first-order valence-electron chi connectivity index (χ1n) is 6.93. The lowest BCUT2D eigenvalue weighted by Crippen LogP contribution is -2.28. The van der Waals surface area contributed by atoms with E-state index in [0.29, 0.717) is 12.0 Å². The third-order valence-corrected chi connectivity index (χ3v) is 4.11. The molecule has 2 aliphatic rings. The fourth-order valence-corrected chi connectivity index (χ4v) is 3.25. The van der Waals surface area contributed by atoms with Gasteiger partial charge in [0.15, 0.2) is 0 Å². The van der Waals surface area contributed by atoms with Crippen LogP contribution in [0.5, 0.6) is 0 Å². The molecule has 20 heavy (non-hydrogen) atoms. The number of hydrogen-bond acceptors (Lipinski definition) is 1. The highest BCUT2D eigenvalue weighted by Gasteiger charge is 2.36. The number of fused-ring (bicyclic) bond motifs is 3. The van der Waals surface area contributed by atoms with Gasteiger partial charge in [0.1, 0.15) is 7.85 Å². The molecular weight excluding hydrogens is 241 g/mol. The van der Waals surface area contributed by atoms with E-state index in [1.807, 2.05) is 6.07 Å². The molecule has 0 aromatic heterocycles. The number of allylic oxidation sites excluding steroid dienone is 2. The van der Waals surface area contributed by atoms with Crippen molar-refractivity contribution >= 4 is 24.7 Å². The van der Waals surface area contributed by atoms with Gasteiger partial charge in [-0.1, -0.05) is 60.1 Å². The predicted molar refractivity (Wildman–Crippen MR) is 85.2 cm³/mol. The molecule has 0 fully saturated rings. The summed E-state index contributed by atoms with van der Waals surface area (Å²) >= 11 is 0. The summed E-state index contributed by atoms with van der Waals surface area (Å²) in [5, 5.41) is 0. The molecule has 1 heterocycles. The summed E-state index contributed by atoms with van der Waals surface area (Å²) in [6.45, 7) is 0. The zero-order valence-electron chi connectivity index (χ0n) is 11.1. The first-order valence-corrected chi connectivity index (χ1v) is 6.93. The molecule has 2 radical (unpaired) electrons. The van der Waals surface area contributed by atoms with Crippen molar-refractivity contribution in [3.63, 3.8) is 0 Å². The molecule has 2 aromatic carbocycles. The Kier molecular flexibility index (Phi) is 2.56. The van der Waals surface area contributed by atoms with Gasteiger partial charge >= 0.3 is 0 Å². The Bertz CT molecular complexity index is 703. The first-order chi connectivity index (χ1) is 9.84. The Balaban J connectivity index is 1.91. The van der Waals surface area contributed by atoms with Crippen molar-refractivity contribution in [1.82, 2.24) is 0 Å². The lowest BCUT2D eigenvalue weighted by Gasteiger charge is -2.28. The summed E-state index contributed by atoms with van der Waals surface area (Å²) in [7, 11) is 5.98. The van der Waals surface area contributed by atoms with Gasteiger partial charge in [-0.15, -0.1) is 0 Å². The van der Waals surface area contributed by atoms with Gasteiger partial charge in [0.25, 0.3) is 0 Å². The third-order valence-electron chi connectivity index (χ3n) is 4.11. The molecule has 0 spiro atoms. The van der Waals surface area contributed by atoms with E-state index < -0.39 is 0 Å². The highest BCUT2D eigenvalue weighted by molar-refractivity contribution is 6.32. The van der Waals surface area contributed by atoms with Crippen LogP contribution in [-0.2, 0) is 0 Å². The lowest BCUT2D eigenvalue weighted by molar-refractivity contribution is 0.745. The Morgan fingerprint density at radius 3 is 2.55 bits per heavy atom. The normalized spacial score (nSPS) is 22.7. The van der Waals surface area contributed by atoms with Gasteiger partial charge in [0.05, 0.1) is 6.04 Å². The van der Waals surface area contributed by atoms with Gasteiger partial charge in [-0.05, 0) is 23.8 Å². The van der Waals surface area contributed by atoms with Crippen LogP contribution in [0.25, 0.3) is 0 Å². The molecule has 4 rings (SSSR count). The van der Waals surface area contributed by atoms with Crippen molar-refractivity contribution in [2.24, 2.45) is 0 Å². The Hall–Kier alpha value is -2.22. The van der Waals surface area contributed by atoms with E-state index in [9.17, 15) is 0 Å². The molecule has 0 saturated carbocycles. The molecule has 0 N–H and O–H groups in total. The highest BCUT2D eigenvalue weighted by atomic mass is 15.2. The molecule has 1 nitrogen and oxygen atoms in total. The number of anilines is 2. The average molecular weight is 255 g/mol. The number of benzene rings is 2. The fraction of sp³-hybridized carbons (Fsp3) is 0.111. The van der Waals surface area contributed by atoms with Gasteiger partial charge in [-0.2, -0.15) is 0 Å². The maximum absolute atomic E-state index is 5.98. The average Bonchev–Trinajstić information content (AvgIpc) is 2.82. The molecule has 0 saturated heterocycles. The molecule has 2 aromatic rings. The summed E-state index contributed by atoms with van der Waals surface area (Å²) in [6.07, 6.45) is 8.80. The van der Waals surface area contributed by atoms with Crippen LogP contribution in [0.1, 0.15) is 11.5 Å². The van der Waals surface area contributed by atoms with E-state index in [1.165, 1.54) is 16.9 Å². The van der Waals surface area contributed by atoms with E-state index in [2.05, 4.69) is 71.7 Å². The zero-order chi connectivity index (χ0) is 13.5. The monoisotopic (exact) mass is 255 g/mol. The number of hydrogen-bond donors (Lipinski definition) is 0. The molecule has 0 bridgehead atoms. The van der Waals surface area contributed by atoms with E-state index in [4.69, 9.17) is 7.85 Å². The van der Waals surface area contributed by atoms with Crippen LogP contribution in [0, 0.1) is 0 Å². The van der Waals surface area contributed by atoms with E-state index in [0.717, 1.165) is 5.46 Å². The second-order valence-electron chi connectivity index (χ2n) is 5.31. The van der Waals surface area contributed by atoms with Crippen LogP contribution >= 0.6 is 0 Å². The Morgan fingerprint density at radius 2 is 1.70 bits per heavy atom. The number of nitrogens with zero attached hydrogens (tertiary/aromatic N) is 1. The molecule has 1 aliphatic carbocycles. The summed E-state index contributed by atoms with van der Waals surface area (Å²) in [5.41, 5.74) is 4.64. The third kappa shape index (κ3) is 1.65. The smallest absolute Gasteiger partial charge is 0.113 e. The van der Waals surface area contributed by atoms with Crippen LogP contribution in [0.4, 0.5) is 11.4 Å². The maximum atomic E-state index is 5.98. The van der Waals surface area contributed by atoms with Gasteiger partial charge in [-0.25, -0.2) is 0 Å². The van der Waals surface area contributed by atoms with Crippen LogP contribution < -0.4 is 10.4 Å². The van der Waals surface area contributed by atoms with Gasteiger partial charge in [0, 0.05) is 17.3 Å². The van der Waals surface area contributed by atoms with Crippen molar-refractivity contribution in [1.29, 1.82) is 0 Å². The second kappa shape index (κ2) is 4.41. The molecule has 1 aliphatic heterocycles. The van der Waals surface area contributed by atoms with E-state index >= 15 is 0 Å². The standard InChI is InChI=1S/C18H14BN/c19-13-10-11-18-16(12-13)15-8-4-5-9-17(15)20(18)14-6-2-1-3-7-14/h1-12,15,17H. The van der Waals surface area contributed by atoms with Gasteiger partial charge in [-0.3, -0.25) is 0 Å². The Labute approximate surface area is 120 Å². The van der Waals surface area contributed by atoms with Gasteiger partial charge < -0.3 is 4.90 Å². The fourth-order valence-electron chi connectivity index (χ4n) is 3.25. The van der Waals surface area contributed by atoms with Crippen molar-refractivity contribution in [3.05, 3.63) is 78.4 Å². The second-order valence-corrected chi connectivity index (χ2v) is 5.31. The number of para-hydroxylation sites is 1. The number of rotatable bonds is 1. The summed E-state index contributed by atoms with van der Waals surface area (Å²) < 4.78 is 0. The van der Waals surface area contributed by atoms with E-state index in [1.54, 1.807) is 0 Å². The first kappa shape index (κ1) is 11.6. The summed E-state index contributed by atoms with van der Waals surface area (Å²) in [5.74, 6) is 0.388. The highest BCUT2D eigenvalue weighted by Crippen LogP contribution is 2.46. The molecule has 2 heteroatoms. The maximum Gasteiger partial charge on any atom is 0.113 e. The zero-order valence-corrected chi connectivity index (χ0v) is 11.1. The van der Waals surface area contributed by atoms with Crippen molar-refractivity contribution < 1.29 is 0 Å². The minimum Gasteiger partial charge on any atom is -0.333 e. The molecule has 94 valence electrons. The lowest BCUT2D eigenvalue weighted by atomic mass is 9.87. The SMILES string of the molecule is [B]c1ccc2c(c1)C1C=CC=CC1N2c1ccccc1. The van der Waals surface area contributed by atoms with Crippen LogP contribution in [-0.4, -0.2) is 13.9 Å². The molecule has 2 unspecified atom stereocenters. The predicted octanol–water partition coefficient (Wildman–Crippen LogP) is 3.21. The Morgan fingerprint density at radius 1 is 0.900 bits per heavy atom. The van der Waals surface area contributed by atoms with Gasteiger partial charge in [0.2, 0.25) is 0 Å². The van der Waals surface area contributed by atoms with E-state index in [-0.39, 0.29) is 0 Å².